The van der Waals surface area contributed by atoms with Gasteiger partial charge in [-0.2, -0.15) is 13.2 Å². The molecule has 1 aromatic carbocycles. The Morgan fingerprint density at radius 1 is 1.12 bits per heavy atom. The van der Waals surface area contributed by atoms with Gasteiger partial charge in [-0.3, -0.25) is 4.79 Å². The fourth-order valence-electron chi connectivity index (χ4n) is 2.54. The van der Waals surface area contributed by atoms with E-state index >= 15 is 0 Å². The molecule has 132 valence electrons. The van der Waals surface area contributed by atoms with E-state index in [9.17, 15) is 18.0 Å². The molecular formula is C17H17F3N4O. The van der Waals surface area contributed by atoms with Crippen LogP contribution in [-0.4, -0.2) is 24.0 Å². The quantitative estimate of drug-likeness (QED) is 0.791. The van der Waals surface area contributed by atoms with Gasteiger partial charge in [0.1, 0.15) is 5.82 Å². The van der Waals surface area contributed by atoms with Crippen molar-refractivity contribution in [1.82, 2.24) is 10.3 Å². The van der Waals surface area contributed by atoms with E-state index in [4.69, 9.17) is 0 Å². The molecule has 8 heteroatoms. The third-order valence-electron chi connectivity index (χ3n) is 3.95. The van der Waals surface area contributed by atoms with Crippen LogP contribution in [0.2, 0.25) is 0 Å². The molecule has 0 aliphatic carbocycles. The van der Waals surface area contributed by atoms with Crippen molar-refractivity contribution in [1.29, 1.82) is 0 Å². The number of amides is 1. The molecule has 3 rings (SSSR count). The third kappa shape index (κ3) is 4.48. The van der Waals surface area contributed by atoms with E-state index in [1.54, 1.807) is 24.3 Å². The average molecular weight is 350 g/mol. The van der Waals surface area contributed by atoms with E-state index in [1.165, 1.54) is 6.07 Å². The van der Waals surface area contributed by atoms with Crippen molar-refractivity contribution < 1.29 is 18.0 Å². The number of rotatable bonds is 4. The van der Waals surface area contributed by atoms with E-state index in [0.29, 0.717) is 23.7 Å². The predicted octanol–water partition coefficient (Wildman–Crippen LogP) is 3.39. The fraction of sp³-hybridized carbons (Fsp3) is 0.294. The smallest absolute Gasteiger partial charge is 0.340 e. The summed E-state index contributed by atoms with van der Waals surface area (Å²) < 4.78 is 37.5. The summed E-state index contributed by atoms with van der Waals surface area (Å²) in [5, 5.41) is 8.91. The van der Waals surface area contributed by atoms with E-state index in [2.05, 4.69) is 20.9 Å². The van der Waals surface area contributed by atoms with Crippen LogP contribution in [0.4, 0.5) is 30.4 Å². The Morgan fingerprint density at radius 2 is 1.84 bits per heavy atom. The molecule has 1 fully saturated rings. The molecule has 1 atom stereocenters. The molecule has 0 bridgehead atoms. The van der Waals surface area contributed by atoms with Gasteiger partial charge in [0.25, 0.3) is 0 Å². The summed E-state index contributed by atoms with van der Waals surface area (Å²) in [5.41, 5.74) is 0.535. The van der Waals surface area contributed by atoms with Crippen LogP contribution in [0.5, 0.6) is 0 Å². The van der Waals surface area contributed by atoms with Gasteiger partial charge < -0.3 is 16.0 Å². The van der Waals surface area contributed by atoms with Crippen LogP contribution < -0.4 is 16.0 Å². The van der Waals surface area contributed by atoms with Crippen LogP contribution in [0.3, 0.4) is 0 Å². The summed E-state index contributed by atoms with van der Waals surface area (Å²) in [7, 11) is 0. The van der Waals surface area contributed by atoms with E-state index in [1.807, 2.05) is 0 Å². The number of alkyl halides is 3. The molecule has 1 aliphatic heterocycles. The van der Waals surface area contributed by atoms with Crippen molar-refractivity contribution in [3.8, 4) is 0 Å². The number of hydrogen-bond acceptors (Lipinski definition) is 4. The largest absolute Gasteiger partial charge is 0.417 e. The number of pyridine rings is 1. The second-order valence-electron chi connectivity index (χ2n) is 5.81. The molecule has 2 heterocycles. The van der Waals surface area contributed by atoms with Crippen molar-refractivity contribution in [2.75, 3.05) is 23.7 Å². The zero-order valence-corrected chi connectivity index (χ0v) is 13.2. The summed E-state index contributed by atoms with van der Waals surface area (Å²) in [5.74, 6) is 0.270. The SMILES string of the molecule is O=C(Nc1ccc(Nc2ccc(C(F)(F)F)cn2)cc1)C1CCNC1. The number of carbonyl (C=O) groups excluding carboxylic acids is 1. The molecule has 2 aromatic rings. The second kappa shape index (κ2) is 7.10. The number of hydrogen-bond donors (Lipinski definition) is 3. The summed E-state index contributed by atoms with van der Waals surface area (Å²) in [6.07, 6.45) is -2.79. The fourth-order valence-corrected chi connectivity index (χ4v) is 2.54. The van der Waals surface area contributed by atoms with Crippen molar-refractivity contribution in [2.24, 2.45) is 5.92 Å². The van der Waals surface area contributed by atoms with Gasteiger partial charge in [-0.15, -0.1) is 0 Å². The molecule has 0 spiro atoms. The first-order chi connectivity index (χ1) is 11.9. The van der Waals surface area contributed by atoms with Crippen LogP contribution in [-0.2, 0) is 11.0 Å². The van der Waals surface area contributed by atoms with E-state index in [0.717, 1.165) is 25.2 Å². The van der Waals surface area contributed by atoms with Crippen LogP contribution in [0.15, 0.2) is 42.6 Å². The minimum atomic E-state index is -4.40. The Bertz CT molecular complexity index is 723. The van der Waals surface area contributed by atoms with Crippen molar-refractivity contribution >= 4 is 23.1 Å². The average Bonchev–Trinajstić information content (AvgIpc) is 3.11. The maximum atomic E-state index is 12.5. The first-order valence-electron chi connectivity index (χ1n) is 7.84. The van der Waals surface area contributed by atoms with Crippen molar-refractivity contribution in [3.05, 3.63) is 48.2 Å². The van der Waals surface area contributed by atoms with E-state index < -0.39 is 11.7 Å². The number of benzene rings is 1. The van der Waals surface area contributed by atoms with Crippen molar-refractivity contribution in [2.45, 2.75) is 12.6 Å². The van der Waals surface area contributed by atoms with Crippen LogP contribution >= 0.6 is 0 Å². The Labute approximate surface area is 142 Å². The van der Waals surface area contributed by atoms with Crippen LogP contribution in [0, 0.1) is 5.92 Å². The minimum absolute atomic E-state index is 0.0184. The first-order valence-corrected chi connectivity index (χ1v) is 7.84. The van der Waals surface area contributed by atoms with Gasteiger partial charge in [-0.1, -0.05) is 0 Å². The minimum Gasteiger partial charge on any atom is -0.340 e. The highest BCUT2D eigenvalue weighted by Gasteiger charge is 2.30. The third-order valence-corrected chi connectivity index (χ3v) is 3.95. The van der Waals surface area contributed by atoms with Gasteiger partial charge in [0.2, 0.25) is 5.91 Å². The maximum absolute atomic E-state index is 12.5. The molecule has 1 aromatic heterocycles. The second-order valence-corrected chi connectivity index (χ2v) is 5.81. The molecule has 5 nitrogen and oxygen atoms in total. The lowest BCUT2D eigenvalue weighted by Gasteiger charge is -2.11. The van der Waals surface area contributed by atoms with E-state index in [-0.39, 0.29) is 11.8 Å². The number of carbonyl (C=O) groups is 1. The highest BCUT2D eigenvalue weighted by Crippen LogP contribution is 2.29. The number of anilines is 3. The zero-order valence-electron chi connectivity index (χ0n) is 13.2. The highest BCUT2D eigenvalue weighted by molar-refractivity contribution is 5.93. The summed E-state index contributed by atoms with van der Waals surface area (Å²) in [6.45, 7) is 1.53. The van der Waals surface area contributed by atoms with Gasteiger partial charge in [0, 0.05) is 24.1 Å². The topological polar surface area (TPSA) is 66.0 Å². The maximum Gasteiger partial charge on any atom is 0.417 e. The van der Waals surface area contributed by atoms with Crippen LogP contribution in [0.1, 0.15) is 12.0 Å². The lowest BCUT2D eigenvalue weighted by atomic mass is 10.1. The monoisotopic (exact) mass is 350 g/mol. The summed E-state index contributed by atoms with van der Waals surface area (Å²) >= 11 is 0. The molecular weight excluding hydrogens is 333 g/mol. The molecule has 25 heavy (non-hydrogen) atoms. The van der Waals surface area contributed by atoms with Gasteiger partial charge in [-0.05, 0) is 49.4 Å². The predicted molar refractivity (Wildman–Crippen MR) is 88.6 cm³/mol. The standard InChI is InChI=1S/C17H17F3N4O/c18-17(19,20)12-1-6-15(22-10-12)23-13-2-4-14(5-3-13)24-16(25)11-7-8-21-9-11/h1-6,10-11,21H,7-9H2,(H,22,23)(H,24,25). The Balaban J connectivity index is 1.59. The molecule has 1 unspecified atom stereocenters. The summed E-state index contributed by atoms with van der Waals surface area (Å²) in [4.78, 5) is 15.8. The lowest BCUT2D eigenvalue weighted by molar-refractivity contribution is -0.137. The van der Waals surface area contributed by atoms with Gasteiger partial charge >= 0.3 is 6.18 Å². The van der Waals surface area contributed by atoms with Gasteiger partial charge in [0.15, 0.2) is 0 Å². The number of aromatic nitrogens is 1. The highest BCUT2D eigenvalue weighted by atomic mass is 19.4. The lowest BCUT2D eigenvalue weighted by Crippen LogP contribution is -2.24. The van der Waals surface area contributed by atoms with Crippen LogP contribution in [0.25, 0.3) is 0 Å². The van der Waals surface area contributed by atoms with Gasteiger partial charge in [-0.25, -0.2) is 4.98 Å². The normalized spacial score (nSPS) is 17.3. The Morgan fingerprint density at radius 3 is 2.40 bits per heavy atom. The molecule has 0 radical (unpaired) electrons. The zero-order chi connectivity index (χ0) is 17.9. The first kappa shape index (κ1) is 17.2. The summed E-state index contributed by atoms with van der Waals surface area (Å²) in [6, 6.07) is 9.15. The molecule has 1 amide bonds. The number of nitrogens with one attached hydrogen (secondary N) is 3. The number of nitrogens with zero attached hydrogens (tertiary/aromatic N) is 1. The molecule has 1 aliphatic rings. The number of halogens is 3. The Kier molecular flexibility index (Phi) is 4.89. The molecule has 1 saturated heterocycles. The molecule has 3 N–H and O–H groups in total. The van der Waals surface area contributed by atoms with Gasteiger partial charge in [0.05, 0.1) is 11.5 Å². The molecule has 0 saturated carbocycles. The Hall–Kier alpha value is -2.61. The van der Waals surface area contributed by atoms with Crippen molar-refractivity contribution in [3.63, 3.8) is 0 Å².